The molecule has 1 aliphatic carbocycles. The number of aromatic carboxylic acids is 1. The molecule has 0 aliphatic heterocycles. The number of hydrogen-bond acceptors (Lipinski definition) is 3. The molecule has 108 valence electrons. The number of nitrogens with two attached hydrogens (primary N) is 1. The number of anilines is 1. The van der Waals surface area contributed by atoms with Crippen molar-refractivity contribution in [2.24, 2.45) is 11.1 Å². The van der Waals surface area contributed by atoms with Crippen molar-refractivity contribution < 1.29 is 14.7 Å². The van der Waals surface area contributed by atoms with Crippen LogP contribution in [0.25, 0.3) is 0 Å². The van der Waals surface area contributed by atoms with E-state index in [-0.39, 0.29) is 11.5 Å². The Kier molecular flexibility index (Phi) is 4.39. The quantitative estimate of drug-likeness (QED) is 0.786. The Hall–Kier alpha value is -1.88. The molecule has 1 aromatic carbocycles. The van der Waals surface area contributed by atoms with E-state index in [0.717, 1.165) is 32.1 Å². The lowest BCUT2D eigenvalue weighted by molar-refractivity contribution is -0.126. The highest BCUT2D eigenvalue weighted by Crippen LogP contribution is 2.36. The summed E-state index contributed by atoms with van der Waals surface area (Å²) in [4.78, 5) is 23.2. The number of rotatable bonds is 4. The van der Waals surface area contributed by atoms with Crippen molar-refractivity contribution in [3.63, 3.8) is 0 Å². The van der Waals surface area contributed by atoms with Gasteiger partial charge in [0.1, 0.15) is 0 Å². The maximum absolute atomic E-state index is 12.4. The molecule has 20 heavy (non-hydrogen) atoms. The van der Waals surface area contributed by atoms with E-state index < -0.39 is 11.4 Å². The third-order valence-electron chi connectivity index (χ3n) is 4.07. The highest BCUT2D eigenvalue weighted by atomic mass is 16.4. The van der Waals surface area contributed by atoms with Crippen LogP contribution in [0.2, 0.25) is 0 Å². The lowest BCUT2D eigenvalue weighted by Gasteiger charge is -2.34. The SMILES string of the molecule is NCC1(C(=O)Nc2ccc(C(=O)O)cc2)CCCCC1. The van der Waals surface area contributed by atoms with Crippen LogP contribution >= 0.6 is 0 Å². The molecule has 0 unspecified atom stereocenters. The smallest absolute Gasteiger partial charge is 0.335 e. The van der Waals surface area contributed by atoms with Crippen molar-refractivity contribution in [3.8, 4) is 0 Å². The minimum Gasteiger partial charge on any atom is -0.478 e. The number of carbonyl (C=O) groups is 2. The maximum Gasteiger partial charge on any atom is 0.335 e. The zero-order valence-corrected chi connectivity index (χ0v) is 11.4. The van der Waals surface area contributed by atoms with Crippen LogP contribution in [0.1, 0.15) is 42.5 Å². The Labute approximate surface area is 118 Å². The summed E-state index contributed by atoms with van der Waals surface area (Å²) in [5, 5.41) is 11.7. The van der Waals surface area contributed by atoms with Gasteiger partial charge in [-0.05, 0) is 37.1 Å². The Morgan fingerprint density at radius 2 is 1.75 bits per heavy atom. The van der Waals surface area contributed by atoms with Crippen LogP contribution in [0.5, 0.6) is 0 Å². The second kappa shape index (κ2) is 6.05. The van der Waals surface area contributed by atoms with Crippen LogP contribution in [-0.4, -0.2) is 23.5 Å². The number of carbonyl (C=O) groups excluding carboxylic acids is 1. The molecule has 1 saturated carbocycles. The topological polar surface area (TPSA) is 92.4 Å². The molecule has 0 aromatic heterocycles. The molecule has 1 fully saturated rings. The van der Waals surface area contributed by atoms with Gasteiger partial charge >= 0.3 is 5.97 Å². The van der Waals surface area contributed by atoms with E-state index in [1.165, 1.54) is 12.1 Å². The summed E-state index contributed by atoms with van der Waals surface area (Å²) < 4.78 is 0. The van der Waals surface area contributed by atoms with Crippen molar-refractivity contribution in [2.45, 2.75) is 32.1 Å². The molecular weight excluding hydrogens is 256 g/mol. The van der Waals surface area contributed by atoms with Crippen LogP contribution in [-0.2, 0) is 4.79 Å². The van der Waals surface area contributed by atoms with Gasteiger partial charge in [0.25, 0.3) is 0 Å². The predicted molar refractivity (Wildman–Crippen MR) is 76.6 cm³/mol. The van der Waals surface area contributed by atoms with Crippen LogP contribution < -0.4 is 11.1 Å². The van der Waals surface area contributed by atoms with Gasteiger partial charge < -0.3 is 16.2 Å². The fourth-order valence-electron chi connectivity index (χ4n) is 2.71. The second-order valence-corrected chi connectivity index (χ2v) is 5.38. The van der Waals surface area contributed by atoms with Crippen LogP contribution in [0.4, 0.5) is 5.69 Å². The molecule has 1 aliphatic rings. The summed E-state index contributed by atoms with van der Waals surface area (Å²) in [5.41, 5.74) is 6.16. The summed E-state index contributed by atoms with van der Waals surface area (Å²) in [6, 6.07) is 6.17. The summed E-state index contributed by atoms with van der Waals surface area (Å²) in [6.07, 6.45) is 4.86. The number of carboxylic acids is 1. The predicted octanol–water partition coefficient (Wildman–Crippen LogP) is 2.23. The van der Waals surface area contributed by atoms with Crippen LogP contribution in [0, 0.1) is 5.41 Å². The third kappa shape index (κ3) is 2.99. The van der Waals surface area contributed by atoms with Crippen molar-refractivity contribution >= 4 is 17.6 Å². The van der Waals surface area contributed by atoms with E-state index in [0.29, 0.717) is 12.2 Å². The molecule has 0 bridgehead atoms. The first-order valence-electron chi connectivity index (χ1n) is 6.92. The Morgan fingerprint density at radius 1 is 1.15 bits per heavy atom. The Balaban J connectivity index is 2.08. The van der Waals surface area contributed by atoms with E-state index in [9.17, 15) is 9.59 Å². The fourth-order valence-corrected chi connectivity index (χ4v) is 2.71. The zero-order chi connectivity index (χ0) is 14.6. The normalized spacial score (nSPS) is 17.4. The highest BCUT2D eigenvalue weighted by Gasteiger charge is 2.38. The number of nitrogens with one attached hydrogen (secondary N) is 1. The lowest BCUT2D eigenvalue weighted by atomic mass is 9.73. The average Bonchev–Trinajstić information content (AvgIpc) is 2.48. The Bertz CT molecular complexity index is 490. The number of carboxylic acid groups (broad SMARTS) is 1. The molecule has 0 heterocycles. The van der Waals surface area contributed by atoms with Gasteiger partial charge in [0, 0.05) is 12.2 Å². The van der Waals surface area contributed by atoms with E-state index in [1.807, 2.05) is 0 Å². The molecule has 0 spiro atoms. The van der Waals surface area contributed by atoms with Crippen molar-refractivity contribution in [1.82, 2.24) is 0 Å². The molecule has 0 saturated heterocycles. The molecule has 1 aromatic rings. The van der Waals surface area contributed by atoms with Gasteiger partial charge in [-0.2, -0.15) is 0 Å². The third-order valence-corrected chi connectivity index (χ3v) is 4.07. The molecule has 0 atom stereocenters. The van der Waals surface area contributed by atoms with Gasteiger partial charge in [0.15, 0.2) is 0 Å². The molecule has 1 amide bonds. The van der Waals surface area contributed by atoms with Gasteiger partial charge in [0.2, 0.25) is 5.91 Å². The lowest BCUT2D eigenvalue weighted by Crippen LogP contribution is -2.43. The summed E-state index contributed by atoms with van der Waals surface area (Å²) in [7, 11) is 0. The maximum atomic E-state index is 12.4. The molecule has 0 radical (unpaired) electrons. The second-order valence-electron chi connectivity index (χ2n) is 5.38. The molecule has 5 heteroatoms. The number of amides is 1. The highest BCUT2D eigenvalue weighted by molar-refractivity contribution is 5.96. The summed E-state index contributed by atoms with van der Waals surface area (Å²) in [6.45, 7) is 0.353. The van der Waals surface area contributed by atoms with Gasteiger partial charge in [-0.15, -0.1) is 0 Å². The summed E-state index contributed by atoms with van der Waals surface area (Å²) in [5.74, 6) is -1.03. The van der Waals surface area contributed by atoms with E-state index in [4.69, 9.17) is 10.8 Å². The van der Waals surface area contributed by atoms with Gasteiger partial charge in [-0.3, -0.25) is 4.79 Å². The monoisotopic (exact) mass is 276 g/mol. The minimum absolute atomic E-state index is 0.0530. The molecular formula is C15H20N2O3. The molecule has 5 nitrogen and oxygen atoms in total. The number of hydrogen-bond donors (Lipinski definition) is 3. The minimum atomic E-state index is -0.978. The first kappa shape index (κ1) is 14.5. The average molecular weight is 276 g/mol. The summed E-state index contributed by atoms with van der Waals surface area (Å²) >= 11 is 0. The van der Waals surface area contributed by atoms with E-state index in [2.05, 4.69) is 5.32 Å². The van der Waals surface area contributed by atoms with Crippen molar-refractivity contribution in [3.05, 3.63) is 29.8 Å². The zero-order valence-electron chi connectivity index (χ0n) is 11.4. The number of benzene rings is 1. The fraction of sp³-hybridized carbons (Fsp3) is 0.467. The first-order valence-corrected chi connectivity index (χ1v) is 6.92. The van der Waals surface area contributed by atoms with Gasteiger partial charge in [-0.1, -0.05) is 19.3 Å². The molecule has 4 N–H and O–H groups in total. The van der Waals surface area contributed by atoms with Crippen LogP contribution in [0.15, 0.2) is 24.3 Å². The van der Waals surface area contributed by atoms with Crippen molar-refractivity contribution in [2.75, 3.05) is 11.9 Å². The first-order chi connectivity index (χ1) is 9.57. The Morgan fingerprint density at radius 3 is 2.25 bits per heavy atom. The van der Waals surface area contributed by atoms with Crippen molar-refractivity contribution in [1.29, 1.82) is 0 Å². The van der Waals surface area contributed by atoms with E-state index in [1.54, 1.807) is 12.1 Å². The largest absolute Gasteiger partial charge is 0.478 e. The molecule has 2 rings (SSSR count). The van der Waals surface area contributed by atoms with Crippen LogP contribution in [0.3, 0.4) is 0 Å². The van der Waals surface area contributed by atoms with Gasteiger partial charge in [0.05, 0.1) is 11.0 Å². The van der Waals surface area contributed by atoms with E-state index >= 15 is 0 Å². The standard InChI is InChI=1S/C15H20N2O3/c16-10-15(8-2-1-3-9-15)14(20)17-12-6-4-11(5-7-12)13(18)19/h4-7H,1-3,8-10,16H2,(H,17,20)(H,18,19). The van der Waals surface area contributed by atoms with Gasteiger partial charge in [-0.25, -0.2) is 4.79 Å².